The van der Waals surface area contributed by atoms with Crippen molar-refractivity contribution in [1.29, 1.82) is 0 Å². The van der Waals surface area contributed by atoms with Crippen LogP contribution >= 0.6 is 31.9 Å². The van der Waals surface area contributed by atoms with Gasteiger partial charge in [-0.1, -0.05) is 43.5 Å². The zero-order chi connectivity index (χ0) is 31.1. The number of halogens is 4. The second kappa shape index (κ2) is 17.3. The molecule has 0 N–H and O–H groups in total. The predicted octanol–water partition coefficient (Wildman–Crippen LogP) is 4.66. The minimum Gasteiger partial charge on any atom is -0.796 e. The Bertz CT molecular complexity index is 1340. The minimum absolute atomic E-state index is 0. The Morgan fingerprint density at radius 1 is 0.732 bits per heavy atom. The quantitative estimate of drug-likeness (QED) is 0.283. The van der Waals surface area contributed by atoms with Crippen molar-refractivity contribution in [3.05, 3.63) is 91.9 Å². The first-order valence-electron chi connectivity index (χ1n) is 12.2. The number of hydrogen-bond donors (Lipinski definition) is 0. The molecule has 0 atom stereocenters. The van der Waals surface area contributed by atoms with Crippen molar-refractivity contribution in [3.63, 3.8) is 0 Å². The van der Waals surface area contributed by atoms with Crippen LogP contribution < -0.4 is 35.0 Å². The number of sulfone groups is 1. The molecule has 0 aliphatic carbocycles. The predicted molar refractivity (Wildman–Crippen MR) is 171 cm³/mol. The van der Waals surface area contributed by atoms with E-state index in [1.807, 2.05) is 48.5 Å². The normalized spacial score (nSPS) is 14.7. The van der Waals surface area contributed by atoms with E-state index in [-0.39, 0.29) is 41.2 Å². The van der Waals surface area contributed by atoms with Gasteiger partial charge in [-0.3, -0.25) is 0 Å². The van der Waals surface area contributed by atoms with Crippen LogP contribution in [0, 0.1) is 32.4 Å². The summed E-state index contributed by atoms with van der Waals surface area (Å²) >= 11 is 10.6. The molecule has 4 nitrogen and oxygen atoms in total. The molecule has 3 aromatic carbocycles. The molecule has 0 unspecified atom stereocenters. The van der Waals surface area contributed by atoms with Crippen molar-refractivity contribution in [3.8, 4) is 0 Å². The summed E-state index contributed by atoms with van der Waals surface area (Å²) in [4.78, 5) is 0.315. The molecule has 1 heterocycles. The fourth-order valence-corrected chi connectivity index (χ4v) is 4.53. The molecule has 1 saturated heterocycles. The van der Waals surface area contributed by atoms with E-state index >= 15 is 0 Å². The van der Waals surface area contributed by atoms with Gasteiger partial charge in [-0.2, -0.15) is 6.26 Å². The fourth-order valence-electron chi connectivity index (χ4n) is 3.33. The van der Waals surface area contributed by atoms with Gasteiger partial charge in [-0.05, 0) is 114 Å². The van der Waals surface area contributed by atoms with E-state index < -0.39 is 28.2 Å². The van der Waals surface area contributed by atoms with Crippen LogP contribution in [0.1, 0.15) is 44.4 Å². The molecule has 0 amide bonds. The van der Waals surface area contributed by atoms with E-state index in [1.165, 1.54) is 30.5 Å². The second-order valence-electron chi connectivity index (χ2n) is 10.2. The summed E-state index contributed by atoms with van der Waals surface area (Å²) in [6.45, 7) is 13.6. The van der Waals surface area contributed by atoms with Crippen molar-refractivity contribution in [2.24, 2.45) is 0 Å². The van der Waals surface area contributed by atoms with Crippen LogP contribution in [0.2, 0.25) is 0 Å². The first-order chi connectivity index (χ1) is 18.3. The van der Waals surface area contributed by atoms with E-state index in [4.69, 9.17) is 9.31 Å². The van der Waals surface area contributed by atoms with Crippen LogP contribution in [0.4, 0.5) is 8.78 Å². The van der Waals surface area contributed by atoms with Gasteiger partial charge in [0.05, 0.1) is 16.1 Å². The van der Waals surface area contributed by atoms with Crippen LogP contribution in [0.15, 0.2) is 68.4 Å². The molecule has 1 aliphatic heterocycles. The third kappa shape index (κ3) is 12.4. The Hall–Kier alpha value is -0.235. The number of benzene rings is 3. The molecule has 12 heteroatoms. The third-order valence-electron chi connectivity index (χ3n) is 6.42. The van der Waals surface area contributed by atoms with Crippen molar-refractivity contribution >= 4 is 66.9 Å². The average Bonchev–Trinajstić information content (AvgIpc) is 3.07. The first-order valence-corrected chi connectivity index (χ1v) is 16.5. The van der Waals surface area contributed by atoms with Gasteiger partial charge in [0.15, 0.2) is 9.84 Å². The molecule has 1 fully saturated rings. The maximum Gasteiger partial charge on any atom is 1.00 e. The van der Waals surface area contributed by atoms with Crippen molar-refractivity contribution in [2.45, 2.75) is 64.6 Å². The second-order valence-corrected chi connectivity index (χ2v) is 13.9. The maximum absolute atomic E-state index is 12.3. The van der Waals surface area contributed by atoms with Crippen molar-refractivity contribution in [2.75, 3.05) is 12.5 Å². The van der Waals surface area contributed by atoms with Gasteiger partial charge in [0.25, 0.3) is 0 Å². The van der Waals surface area contributed by atoms with Gasteiger partial charge in [0.1, 0.15) is 11.6 Å². The zero-order valence-electron chi connectivity index (χ0n) is 25.2. The van der Waals surface area contributed by atoms with E-state index in [9.17, 15) is 17.2 Å². The molecule has 0 radical (unpaired) electrons. The SMILES string of the molecule is C[S-].Cc1cc(F)ccc1Br.Cc1cc(F)ccc1Br.Cc1cc(S(C)(=O)=O)ccc1B1OC(C)(C)C(C)(C)O1.[Na+]. The Labute approximate surface area is 289 Å². The molecular weight excluding hydrogens is 708 g/mol. The summed E-state index contributed by atoms with van der Waals surface area (Å²) in [6.07, 6.45) is 2.79. The minimum atomic E-state index is -3.19. The van der Waals surface area contributed by atoms with Crippen LogP contribution in [0.5, 0.6) is 0 Å². The molecule has 4 rings (SSSR count). The molecule has 1 aliphatic rings. The monoisotopic (exact) mass is 742 g/mol. The molecule has 0 spiro atoms. The smallest absolute Gasteiger partial charge is 0.796 e. The standard InChI is InChI=1S/C14H21BO4S.2C7H6BrF.CH4S.Na/c1-10-9-11(20(6,16)17)7-8-12(10)15-18-13(2,3)14(4,5)19-15;2*1-5-4-6(9)2-3-7(5)8;1-2;/h7-9H,1-6H3;2*2-4H,1H3;2H,1H3;/q;;;;+1/p-1. The summed E-state index contributed by atoms with van der Waals surface area (Å²) in [5.41, 5.74) is 2.77. The van der Waals surface area contributed by atoms with Gasteiger partial charge in [-0.25, -0.2) is 17.2 Å². The summed E-state index contributed by atoms with van der Waals surface area (Å²) in [5.74, 6) is -0.369. The average molecular weight is 744 g/mol. The summed E-state index contributed by atoms with van der Waals surface area (Å²) in [6, 6.07) is 14.3. The third-order valence-corrected chi connectivity index (χ3v) is 9.31. The molecule has 220 valence electrons. The Balaban J connectivity index is 0.000000635. The molecule has 0 saturated carbocycles. The number of aryl methyl sites for hydroxylation is 3. The van der Waals surface area contributed by atoms with E-state index in [1.54, 1.807) is 36.6 Å². The van der Waals surface area contributed by atoms with Gasteiger partial charge in [0, 0.05) is 15.2 Å². The van der Waals surface area contributed by atoms with Crippen LogP contribution in [0.25, 0.3) is 0 Å². The Morgan fingerprint density at radius 3 is 1.41 bits per heavy atom. The zero-order valence-corrected chi connectivity index (χ0v) is 32.0. The van der Waals surface area contributed by atoms with Crippen LogP contribution in [-0.2, 0) is 31.8 Å². The summed E-state index contributed by atoms with van der Waals surface area (Å²) in [7, 11) is -3.66. The Kier molecular flexibility index (Phi) is 17.2. The Morgan fingerprint density at radius 2 is 1.12 bits per heavy atom. The van der Waals surface area contributed by atoms with Gasteiger partial charge < -0.3 is 21.9 Å². The van der Waals surface area contributed by atoms with Gasteiger partial charge in [-0.15, -0.1) is 0 Å². The van der Waals surface area contributed by atoms with Crippen LogP contribution in [-0.4, -0.2) is 39.2 Å². The van der Waals surface area contributed by atoms with Crippen molar-refractivity contribution in [1.82, 2.24) is 0 Å². The number of hydrogen-bond acceptors (Lipinski definition) is 5. The van der Waals surface area contributed by atoms with Crippen LogP contribution in [0.3, 0.4) is 0 Å². The van der Waals surface area contributed by atoms with Gasteiger partial charge in [0.2, 0.25) is 0 Å². The largest absolute Gasteiger partial charge is 1.00 e. The molecule has 3 aromatic rings. The summed E-state index contributed by atoms with van der Waals surface area (Å²) < 4.78 is 61.6. The molecule has 41 heavy (non-hydrogen) atoms. The molecule has 0 bridgehead atoms. The van der Waals surface area contributed by atoms with E-state index in [0.29, 0.717) is 4.90 Å². The van der Waals surface area contributed by atoms with Gasteiger partial charge >= 0.3 is 36.7 Å². The number of rotatable bonds is 2. The maximum atomic E-state index is 12.3. The van der Waals surface area contributed by atoms with Crippen molar-refractivity contribution < 1.29 is 56.1 Å². The van der Waals surface area contributed by atoms with E-state index in [0.717, 1.165) is 31.1 Å². The first kappa shape index (κ1) is 40.8. The molecule has 0 aromatic heterocycles. The fraction of sp³-hybridized carbons (Fsp3) is 0.379. The molecular formula is C29H36BBr2F2NaO4S2. The summed E-state index contributed by atoms with van der Waals surface area (Å²) in [5, 5.41) is 0. The van der Waals surface area contributed by atoms with E-state index in [2.05, 4.69) is 44.5 Å². The topological polar surface area (TPSA) is 52.6 Å².